The number of aromatic amines is 1. The van der Waals surface area contributed by atoms with Gasteiger partial charge in [-0.25, -0.2) is 9.97 Å². The first kappa shape index (κ1) is 18.9. The van der Waals surface area contributed by atoms with E-state index in [0.717, 1.165) is 73.9 Å². The molecule has 0 unspecified atom stereocenters. The van der Waals surface area contributed by atoms with Gasteiger partial charge in [-0.15, -0.1) is 11.3 Å². The molecular weight excluding hydrogens is 410 g/mol. The van der Waals surface area contributed by atoms with E-state index < -0.39 is 0 Å². The van der Waals surface area contributed by atoms with Crippen molar-refractivity contribution in [1.29, 1.82) is 0 Å². The van der Waals surface area contributed by atoms with Crippen LogP contribution in [0.15, 0.2) is 41.5 Å². The van der Waals surface area contributed by atoms with Crippen LogP contribution in [0, 0.1) is 0 Å². The van der Waals surface area contributed by atoms with Gasteiger partial charge < -0.3 is 14.6 Å². The predicted octanol–water partition coefficient (Wildman–Crippen LogP) is 2.93. The number of ether oxygens (including phenoxy) is 1. The molecule has 5 heterocycles. The molecule has 6 rings (SSSR count). The van der Waals surface area contributed by atoms with Crippen LogP contribution in [0.25, 0.3) is 20.4 Å². The molecule has 8 heteroatoms. The van der Waals surface area contributed by atoms with E-state index in [9.17, 15) is 4.79 Å². The second-order valence-corrected chi connectivity index (χ2v) is 9.13. The molecular formula is C23H23N5O2S. The topological polar surface area (TPSA) is 74.3 Å². The van der Waals surface area contributed by atoms with Gasteiger partial charge >= 0.3 is 0 Å². The molecule has 0 saturated carbocycles. The lowest BCUT2D eigenvalue weighted by Gasteiger charge is -2.35. The maximum absolute atomic E-state index is 12.4. The minimum Gasteiger partial charge on any atom is -0.378 e. The van der Waals surface area contributed by atoms with E-state index in [1.54, 1.807) is 0 Å². The highest BCUT2D eigenvalue weighted by Crippen LogP contribution is 2.39. The molecule has 158 valence electrons. The Balaban J connectivity index is 1.50. The number of anilines is 1. The Morgan fingerprint density at radius 1 is 1.10 bits per heavy atom. The third kappa shape index (κ3) is 3.31. The van der Waals surface area contributed by atoms with E-state index in [0.29, 0.717) is 4.70 Å². The predicted molar refractivity (Wildman–Crippen MR) is 123 cm³/mol. The molecule has 1 aromatic carbocycles. The van der Waals surface area contributed by atoms with Crippen molar-refractivity contribution in [3.8, 4) is 0 Å². The number of aromatic nitrogens is 3. The highest BCUT2D eigenvalue weighted by atomic mass is 32.1. The second-order valence-electron chi connectivity index (χ2n) is 8.13. The molecule has 0 bridgehead atoms. The molecule has 0 spiro atoms. The maximum Gasteiger partial charge on any atom is 0.268 e. The van der Waals surface area contributed by atoms with Crippen LogP contribution in [-0.4, -0.2) is 52.7 Å². The zero-order valence-corrected chi connectivity index (χ0v) is 18.0. The summed E-state index contributed by atoms with van der Waals surface area (Å²) in [5.41, 5.74) is 4.61. The lowest BCUT2D eigenvalue weighted by atomic mass is 9.96. The molecule has 31 heavy (non-hydrogen) atoms. The number of hydrogen-bond acceptors (Lipinski definition) is 7. The lowest BCUT2D eigenvalue weighted by Crippen LogP contribution is -2.39. The van der Waals surface area contributed by atoms with E-state index in [4.69, 9.17) is 9.72 Å². The molecule has 1 fully saturated rings. The van der Waals surface area contributed by atoms with E-state index in [1.807, 2.05) is 0 Å². The fourth-order valence-corrected chi connectivity index (χ4v) is 5.79. The maximum atomic E-state index is 12.4. The molecule has 2 aliphatic heterocycles. The fourth-order valence-electron chi connectivity index (χ4n) is 4.74. The number of pyridine rings is 1. The Bertz CT molecular complexity index is 1310. The smallest absolute Gasteiger partial charge is 0.268 e. The van der Waals surface area contributed by atoms with Crippen molar-refractivity contribution in [3.63, 3.8) is 0 Å². The molecule has 0 amide bonds. The normalized spacial score (nSPS) is 17.4. The molecule has 7 nitrogen and oxygen atoms in total. The first-order valence-corrected chi connectivity index (χ1v) is 11.5. The van der Waals surface area contributed by atoms with Crippen LogP contribution in [0.3, 0.4) is 0 Å². The largest absolute Gasteiger partial charge is 0.378 e. The average molecular weight is 434 g/mol. The van der Waals surface area contributed by atoms with Crippen LogP contribution in [-0.2, 0) is 24.2 Å². The van der Waals surface area contributed by atoms with Gasteiger partial charge in [-0.05, 0) is 17.5 Å². The number of morpholine rings is 1. The van der Waals surface area contributed by atoms with Crippen LogP contribution in [0.1, 0.15) is 16.7 Å². The third-order valence-electron chi connectivity index (χ3n) is 6.22. The minimum atomic E-state index is -0.0869. The van der Waals surface area contributed by atoms with Gasteiger partial charge in [0.15, 0.2) is 0 Å². The van der Waals surface area contributed by atoms with Crippen LogP contribution < -0.4 is 10.5 Å². The minimum absolute atomic E-state index is 0.0869. The molecule has 0 aliphatic carbocycles. The Morgan fingerprint density at radius 3 is 2.77 bits per heavy atom. The average Bonchev–Trinajstić information content (AvgIpc) is 3.20. The SMILES string of the molecule is O=c1[nH]cnc2c1sc1nc(N3CCOCC3)c3c(c12)CCN(Cc1ccccc1)C3. The van der Waals surface area contributed by atoms with Crippen molar-refractivity contribution >= 4 is 37.6 Å². The summed E-state index contributed by atoms with van der Waals surface area (Å²) < 4.78 is 6.25. The summed E-state index contributed by atoms with van der Waals surface area (Å²) in [5.74, 6) is 1.05. The zero-order chi connectivity index (χ0) is 20.8. The van der Waals surface area contributed by atoms with E-state index in [1.165, 1.54) is 34.4 Å². The summed E-state index contributed by atoms with van der Waals surface area (Å²) in [6.45, 7) is 5.86. The van der Waals surface area contributed by atoms with Crippen molar-refractivity contribution in [2.75, 3.05) is 37.7 Å². The second kappa shape index (κ2) is 7.71. The van der Waals surface area contributed by atoms with Gasteiger partial charge in [0.05, 0.1) is 25.1 Å². The summed E-state index contributed by atoms with van der Waals surface area (Å²) in [7, 11) is 0. The van der Waals surface area contributed by atoms with Gasteiger partial charge in [0.25, 0.3) is 5.56 Å². The van der Waals surface area contributed by atoms with E-state index in [2.05, 4.69) is 50.1 Å². The third-order valence-corrected chi connectivity index (χ3v) is 7.29. The van der Waals surface area contributed by atoms with Gasteiger partial charge in [-0.2, -0.15) is 0 Å². The Labute approximate surface area is 183 Å². The highest BCUT2D eigenvalue weighted by Gasteiger charge is 2.28. The van der Waals surface area contributed by atoms with Gasteiger partial charge in [-0.3, -0.25) is 9.69 Å². The monoisotopic (exact) mass is 433 g/mol. The molecule has 4 aromatic rings. The van der Waals surface area contributed by atoms with Gasteiger partial charge in [-0.1, -0.05) is 30.3 Å². The number of hydrogen-bond donors (Lipinski definition) is 1. The molecule has 1 saturated heterocycles. The number of nitrogens with zero attached hydrogens (tertiary/aromatic N) is 4. The van der Waals surface area contributed by atoms with Gasteiger partial charge in [0.1, 0.15) is 15.3 Å². The first-order chi connectivity index (χ1) is 15.3. The molecule has 2 aliphatic rings. The first-order valence-electron chi connectivity index (χ1n) is 10.7. The Hall–Kier alpha value is -2.81. The lowest BCUT2D eigenvalue weighted by molar-refractivity contribution is 0.122. The van der Waals surface area contributed by atoms with Crippen molar-refractivity contribution < 1.29 is 4.74 Å². The van der Waals surface area contributed by atoms with Gasteiger partial charge in [0.2, 0.25) is 0 Å². The summed E-state index contributed by atoms with van der Waals surface area (Å²) in [6.07, 6.45) is 2.43. The van der Waals surface area contributed by atoms with Crippen molar-refractivity contribution in [1.82, 2.24) is 19.9 Å². The summed E-state index contributed by atoms with van der Waals surface area (Å²) in [4.78, 5) is 30.5. The van der Waals surface area contributed by atoms with Crippen molar-refractivity contribution in [2.24, 2.45) is 0 Å². The highest BCUT2D eigenvalue weighted by molar-refractivity contribution is 7.25. The number of thiophene rings is 1. The molecule has 0 radical (unpaired) electrons. The summed E-state index contributed by atoms with van der Waals surface area (Å²) in [6, 6.07) is 10.6. The quantitative estimate of drug-likeness (QED) is 0.536. The summed E-state index contributed by atoms with van der Waals surface area (Å²) in [5, 5.41) is 1.07. The van der Waals surface area contributed by atoms with Crippen LogP contribution in [0.2, 0.25) is 0 Å². The number of benzene rings is 1. The standard InChI is InChI=1S/C23H23N5O2S/c29-22-20-19(24-14-25-22)18-16-6-7-27(12-15-4-2-1-3-5-15)13-17(16)21(26-23(18)31-20)28-8-10-30-11-9-28/h1-5,14H,6-13H2,(H,24,25,29). The van der Waals surface area contributed by atoms with Crippen LogP contribution >= 0.6 is 11.3 Å². The van der Waals surface area contributed by atoms with Crippen LogP contribution in [0.4, 0.5) is 5.82 Å². The summed E-state index contributed by atoms with van der Waals surface area (Å²) >= 11 is 1.45. The van der Waals surface area contributed by atoms with Crippen molar-refractivity contribution in [2.45, 2.75) is 19.5 Å². The number of nitrogens with one attached hydrogen (secondary N) is 1. The van der Waals surface area contributed by atoms with Crippen LogP contribution in [0.5, 0.6) is 0 Å². The number of fused-ring (bicyclic) bond motifs is 5. The zero-order valence-electron chi connectivity index (χ0n) is 17.1. The molecule has 3 aromatic heterocycles. The fraction of sp³-hybridized carbons (Fsp3) is 0.348. The van der Waals surface area contributed by atoms with E-state index >= 15 is 0 Å². The Kier molecular flexibility index (Phi) is 4.70. The molecule has 0 atom stereocenters. The number of rotatable bonds is 3. The van der Waals surface area contributed by atoms with E-state index in [-0.39, 0.29) is 5.56 Å². The Morgan fingerprint density at radius 2 is 1.94 bits per heavy atom. The molecule has 1 N–H and O–H groups in total. The van der Waals surface area contributed by atoms with Crippen molar-refractivity contribution in [3.05, 3.63) is 63.7 Å². The van der Waals surface area contributed by atoms with Gasteiger partial charge in [0, 0.05) is 43.7 Å². The number of H-pyrrole nitrogens is 1.